The molecule has 0 aliphatic heterocycles. The minimum Gasteiger partial charge on any atom is -0.456 e. The third kappa shape index (κ3) is 3.10. The molecular weight excluding hydrogens is 558 g/mol. The number of rotatable bonds is 2. The fourth-order valence-electron chi connectivity index (χ4n) is 8.16. The van der Waals surface area contributed by atoms with Crippen LogP contribution in [0.3, 0.4) is 0 Å². The van der Waals surface area contributed by atoms with Crippen molar-refractivity contribution in [1.82, 2.24) is 4.57 Å². The zero-order valence-electron chi connectivity index (χ0n) is 24.8. The molecule has 0 N–H and O–H groups in total. The summed E-state index contributed by atoms with van der Waals surface area (Å²) >= 11 is 0. The van der Waals surface area contributed by atoms with E-state index in [1.165, 1.54) is 76.6 Å². The van der Waals surface area contributed by atoms with E-state index < -0.39 is 0 Å². The van der Waals surface area contributed by atoms with E-state index in [9.17, 15) is 0 Å². The molecule has 11 rings (SSSR count). The summed E-state index contributed by atoms with van der Waals surface area (Å²) in [5.74, 6) is 0. The number of para-hydroxylation sites is 1. The third-order valence-corrected chi connectivity index (χ3v) is 10.1. The zero-order chi connectivity index (χ0) is 29.9. The molecule has 1 aliphatic carbocycles. The first kappa shape index (κ1) is 24.2. The molecule has 0 unspecified atom stereocenters. The fourth-order valence-corrected chi connectivity index (χ4v) is 8.16. The van der Waals surface area contributed by atoms with Crippen LogP contribution in [0, 0.1) is 0 Å². The average molecular weight is 584 g/mol. The standard InChI is InChI=1S/C44H25NO/c1-2-12-30-26(9-1)19-22-41-44(30)38-24-37-33-15-5-6-18-39(33)45(40(37)25-42(38)46-41)28-11-7-10-27(23-28)29-20-21-36-32-14-4-3-13-31(32)35-17-8-16-34(29)43(35)36/h1-25H. The van der Waals surface area contributed by atoms with Crippen molar-refractivity contribution in [2.75, 3.05) is 0 Å². The minimum absolute atomic E-state index is 0.908. The van der Waals surface area contributed by atoms with Crippen molar-refractivity contribution >= 4 is 65.3 Å². The number of hydrogen-bond acceptors (Lipinski definition) is 1. The number of nitrogens with zero attached hydrogens (tertiary/aromatic N) is 1. The molecular formula is C44H25NO. The van der Waals surface area contributed by atoms with Crippen molar-refractivity contribution < 1.29 is 4.42 Å². The van der Waals surface area contributed by atoms with Gasteiger partial charge in [0.05, 0.1) is 11.0 Å². The lowest BCUT2D eigenvalue weighted by Gasteiger charge is -2.13. The van der Waals surface area contributed by atoms with Crippen LogP contribution >= 0.6 is 0 Å². The van der Waals surface area contributed by atoms with Gasteiger partial charge in [0, 0.05) is 33.3 Å². The summed E-state index contributed by atoms with van der Waals surface area (Å²) in [5, 5.41) is 9.90. The number of benzene rings is 8. The number of furan rings is 1. The van der Waals surface area contributed by atoms with Crippen molar-refractivity contribution in [3.63, 3.8) is 0 Å². The summed E-state index contributed by atoms with van der Waals surface area (Å²) in [6, 6.07) is 55.3. The molecule has 0 fully saturated rings. The van der Waals surface area contributed by atoms with Crippen LogP contribution < -0.4 is 0 Å². The second kappa shape index (κ2) is 8.74. The highest BCUT2D eigenvalue weighted by Crippen LogP contribution is 2.49. The van der Waals surface area contributed by atoms with E-state index in [1.807, 2.05) is 0 Å². The Hall–Kier alpha value is -6.12. The molecule has 2 nitrogen and oxygen atoms in total. The number of hydrogen-bond donors (Lipinski definition) is 0. The predicted molar refractivity (Wildman–Crippen MR) is 193 cm³/mol. The Morgan fingerprint density at radius 2 is 1.09 bits per heavy atom. The van der Waals surface area contributed by atoms with E-state index in [0.29, 0.717) is 0 Å². The van der Waals surface area contributed by atoms with Crippen molar-refractivity contribution in [3.05, 3.63) is 152 Å². The Morgan fingerprint density at radius 1 is 0.370 bits per heavy atom. The molecule has 212 valence electrons. The first-order valence-electron chi connectivity index (χ1n) is 15.9. The maximum absolute atomic E-state index is 6.54. The highest BCUT2D eigenvalue weighted by Gasteiger charge is 2.23. The van der Waals surface area contributed by atoms with Crippen molar-refractivity contribution in [1.29, 1.82) is 0 Å². The molecule has 46 heavy (non-hydrogen) atoms. The highest BCUT2D eigenvalue weighted by atomic mass is 16.3. The summed E-state index contributed by atoms with van der Waals surface area (Å²) in [5.41, 5.74) is 13.1. The molecule has 0 bridgehead atoms. The fraction of sp³-hybridized carbons (Fsp3) is 0. The van der Waals surface area contributed by atoms with E-state index in [-0.39, 0.29) is 0 Å². The van der Waals surface area contributed by atoms with Gasteiger partial charge in [0.25, 0.3) is 0 Å². The van der Waals surface area contributed by atoms with Crippen molar-refractivity contribution in [2.24, 2.45) is 0 Å². The van der Waals surface area contributed by atoms with Gasteiger partial charge in [-0.05, 0) is 85.3 Å². The predicted octanol–water partition coefficient (Wildman–Crippen LogP) is 12.3. The summed E-state index contributed by atoms with van der Waals surface area (Å²) in [4.78, 5) is 0. The lowest BCUT2D eigenvalue weighted by molar-refractivity contribution is 0.669. The molecule has 0 atom stereocenters. The molecule has 8 aromatic carbocycles. The Morgan fingerprint density at radius 3 is 2.00 bits per heavy atom. The molecule has 2 aromatic heterocycles. The third-order valence-electron chi connectivity index (χ3n) is 10.1. The van der Waals surface area contributed by atoms with Crippen LogP contribution in [0.2, 0.25) is 0 Å². The van der Waals surface area contributed by atoms with Gasteiger partial charge < -0.3 is 8.98 Å². The van der Waals surface area contributed by atoms with E-state index in [0.717, 1.165) is 27.8 Å². The number of fused-ring (bicyclic) bond motifs is 11. The molecule has 0 spiro atoms. The Labute approximate surface area is 264 Å². The molecule has 0 amide bonds. The Kier molecular flexibility index (Phi) is 4.61. The topological polar surface area (TPSA) is 18.1 Å². The smallest absolute Gasteiger partial charge is 0.137 e. The van der Waals surface area contributed by atoms with E-state index in [2.05, 4.69) is 156 Å². The van der Waals surface area contributed by atoms with Gasteiger partial charge in [-0.3, -0.25) is 0 Å². The molecule has 1 aliphatic rings. The Bertz CT molecular complexity index is 2890. The molecule has 0 saturated heterocycles. The van der Waals surface area contributed by atoms with Crippen molar-refractivity contribution in [3.8, 4) is 39.1 Å². The van der Waals surface area contributed by atoms with Gasteiger partial charge in [0.15, 0.2) is 0 Å². The van der Waals surface area contributed by atoms with Crippen LogP contribution in [-0.4, -0.2) is 4.57 Å². The highest BCUT2D eigenvalue weighted by molar-refractivity contribution is 6.23. The molecule has 2 heteroatoms. The molecule has 0 saturated carbocycles. The minimum atomic E-state index is 0.908. The monoisotopic (exact) mass is 583 g/mol. The van der Waals surface area contributed by atoms with Gasteiger partial charge in [-0.1, -0.05) is 115 Å². The van der Waals surface area contributed by atoms with Gasteiger partial charge in [-0.25, -0.2) is 0 Å². The van der Waals surface area contributed by atoms with Crippen LogP contribution in [0.1, 0.15) is 0 Å². The van der Waals surface area contributed by atoms with Crippen LogP contribution in [0.5, 0.6) is 0 Å². The molecule has 0 radical (unpaired) electrons. The summed E-state index contributed by atoms with van der Waals surface area (Å²) < 4.78 is 8.94. The summed E-state index contributed by atoms with van der Waals surface area (Å²) in [6.45, 7) is 0. The van der Waals surface area contributed by atoms with Crippen LogP contribution in [0.25, 0.3) is 104 Å². The second-order valence-corrected chi connectivity index (χ2v) is 12.5. The van der Waals surface area contributed by atoms with E-state index in [4.69, 9.17) is 4.42 Å². The Balaban J connectivity index is 1.16. The van der Waals surface area contributed by atoms with E-state index in [1.54, 1.807) is 0 Å². The van der Waals surface area contributed by atoms with Crippen LogP contribution in [0.15, 0.2) is 156 Å². The van der Waals surface area contributed by atoms with E-state index >= 15 is 0 Å². The van der Waals surface area contributed by atoms with Gasteiger partial charge in [-0.15, -0.1) is 0 Å². The summed E-state index contributed by atoms with van der Waals surface area (Å²) in [6.07, 6.45) is 0. The quantitative estimate of drug-likeness (QED) is 0.198. The summed E-state index contributed by atoms with van der Waals surface area (Å²) in [7, 11) is 0. The molecule has 10 aromatic rings. The average Bonchev–Trinajstić information content (AvgIpc) is 3.76. The van der Waals surface area contributed by atoms with Gasteiger partial charge in [0.2, 0.25) is 0 Å². The molecule has 2 heterocycles. The maximum atomic E-state index is 6.54. The zero-order valence-corrected chi connectivity index (χ0v) is 24.8. The van der Waals surface area contributed by atoms with Crippen LogP contribution in [-0.2, 0) is 0 Å². The van der Waals surface area contributed by atoms with Gasteiger partial charge in [0.1, 0.15) is 11.2 Å². The lowest BCUT2D eigenvalue weighted by Crippen LogP contribution is -1.94. The lowest BCUT2D eigenvalue weighted by atomic mass is 9.94. The maximum Gasteiger partial charge on any atom is 0.137 e. The van der Waals surface area contributed by atoms with Gasteiger partial charge in [-0.2, -0.15) is 0 Å². The second-order valence-electron chi connectivity index (χ2n) is 12.5. The SMILES string of the molecule is c1cc(-c2ccc3c4c(cccc24)-c2ccccc2-3)cc(-n2c3ccccc3c3cc4c(cc32)oc2ccc3ccccc3c24)c1. The number of aromatic nitrogens is 1. The van der Waals surface area contributed by atoms with Gasteiger partial charge >= 0.3 is 0 Å². The first-order valence-corrected chi connectivity index (χ1v) is 15.9. The van der Waals surface area contributed by atoms with Crippen LogP contribution in [0.4, 0.5) is 0 Å². The largest absolute Gasteiger partial charge is 0.456 e. The van der Waals surface area contributed by atoms with Crippen molar-refractivity contribution in [2.45, 2.75) is 0 Å². The normalized spacial score (nSPS) is 12.3. The first-order chi connectivity index (χ1) is 22.8.